The van der Waals surface area contributed by atoms with Crippen LogP contribution in [-0.4, -0.2) is 14.9 Å². The summed E-state index contributed by atoms with van der Waals surface area (Å²) >= 11 is 0. The zero-order valence-electron chi connectivity index (χ0n) is 7.23. The minimum absolute atomic E-state index is 0.00870. The van der Waals surface area contributed by atoms with E-state index in [-0.39, 0.29) is 16.6 Å². The van der Waals surface area contributed by atoms with Crippen molar-refractivity contribution in [1.29, 1.82) is 0 Å². The van der Waals surface area contributed by atoms with Crippen molar-refractivity contribution >= 4 is 16.6 Å². The van der Waals surface area contributed by atoms with Crippen LogP contribution >= 0.6 is 0 Å². The Kier molecular flexibility index (Phi) is 1.93. The molecular weight excluding hydrogens is 205 g/mol. The zero-order valence-corrected chi connectivity index (χ0v) is 7.23. The van der Waals surface area contributed by atoms with E-state index in [0.717, 1.165) is 12.1 Å². The molecule has 0 radical (unpaired) electrons. The average molecular weight is 209 g/mol. The number of H-pyrrole nitrogens is 1. The van der Waals surface area contributed by atoms with E-state index < -0.39 is 16.6 Å². The van der Waals surface area contributed by atoms with Crippen molar-refractivity contribution < 1.29 is 9.31 Å². The van der Waals surface area contributed by atoms with Gasteiger partial charge in [0.2, 0.25) is 0 Å². The van der Waals surface area contributed by atoms with Gasteiger partial charge in [0.05, 0.1) is 15.8 Å². The van der Waals surface area contributed by atoms with Gasteiger partial charge in [-0.3, -0.25) is 19.9 Å². The molecule has 0 amide bonds. The lowest BCUT2D eigenvalue weighted by molar-refractivity contribution is -0.384. The molecule has 0 spiro atoms. The molecule has 1 aromatic heterocycles. The number of nitro benzene ring substituents is 1. The first-order valence-corrected chi connectivity index (χ1v) is 3.92. The second-order valence-electron chi connectivity index (χ2n) is 2.82. The maximum atomic E-state index is 12.7. The molecule has 15 heavy (non-hydrogen) atoms. The van der Waals surface area contributed by atoms with Gasteiger partial charge in [-0.05, 0) is 6.07 Å². The number of aromatic nitrogens is 2. The average Bonchev–Trinajstić information content (AvgIpc) is 2.16. The van der Waals surface area contributed by atoms with E-state index in [2.05, 4.69) is 4.98 Å². The summed E-state index contributed by atoms with van der Waals surface area (Å²) in [6.07, 6.45) is -1.01. The summed E-state index contributed by atoms with van der Waals surface area (Å²) in [5.41, 5.74) is -0.885. The maximum Gasteiger partial charge on any atom is 0.289 e. The molecule has 2 aromatic rings. The largest absolute Gasteiger partial charge is 0.289 e. The Balaban J connectivity index is 2.83. The van der Waals surface area contributed by atoms with Gasteiger partial charge in [-0.15, -0.1) is 0 Å². The highest BCUT2D eigenvalue weighted by Gasteiger charge is 2.09. The molecule has 0 bridgehead atoms. The van der Waals surface area contributed by atoms with Crippen molar-refractivity contribution in [2.45, 2.75) is 0 Å². The quantitative estimate of drug-likeness (QED) is 0.430. The van der Waals surface area contributed by atoms with Crippen molar-refractivity contribution in [3.8, 4) is 0 Å². The van der Waals surface area contributed by atoms with Crippen LogP contribution in [0.4, 0.5) is 10.1 Å². The number of rotatable bonds is 1. The minimum atomic E-state index is -1.01. The Morgan fingerprint density at radius 1 is 1.47 bits per heavy atom. The summed E-state index contributed by atoms with van der Waals surface area (Å²) in [5.74, 6) is 0. The van der Waals surface area contributed by atoms with E-state index in [0.29, 0.717) is 0 Å². The maximum absolute atomic E-state index is 12.7. The van der Waals surface area contributed by atoms with Crippen LogP contribution in [0.25, 0.3) is 10.9 Å². The second-order valence-corrected chi connectivity index (χ2v) is 2.82. The molecule has 0 saturated heterocycles. The molecule has 0 fully saturated rings. The number of nitrogens with one attached hydrogen (secondary N) is 1. The van der Waals surface area contributed by atoms with Crippen molar-refractivity contribution in [3.63, 3.8) is 0 Å². The van der Waals surface area contributed by atoms with Crippen LogP contribution in [0, 0.1) is 16.2 Å². The van der Waals surface area contributed by atoms with E-state index in [9.17, 15) is 19.3 Å². The molecule has 6 nitrogen and oxygen atoms in total. The molecule has 0 unspecified atom stereocenters. The normalized spacial score (nSPS) is 10.5. The third-order valence-electron chi connectivity index (χ3n) is 1.87. The highest BCUT2D eigenvalue weighted by atomic mass is 19.1. The number of nitro groups is 1. The van der Waals surface area contributed by atoms with E-state index >= 15 is 0 Å². The van der Waals surface area contributed by atoms with Gasteiger partial charge in [0, 0.05) is 12.1 Å². The number of nitrogens with zero attached hydrogens (tertiary/aromatic N) is 2. The second kappa shape index (κ2) is 3.12. The topological polar surface area (TPSA) is 88.9 Å². The Morgan fingerprint density at radius 2 is 2.20 bits per heavy atom. The lowest BCUT2D eigenvalue weighted by Gasteiger charge is -1.96. The molecule has 0 aliphatic carbocycles. The van der Waals surface area contributed by atoms with E-state index in [1.165, 1.54) is 6.07 Å². The number of non-ortho nitro benzene ring substituents is 1. The van der Waals surface area contributed by atoms with E-state index in [1.807, 2.05) is 4.98 Å². The zero-order chi connectivity index (χ0) is 11.0. The fraction of sp³-hybridized carbons (Fsp3) is 0. The Labute approximate surface area is 81.5 Å². The lowest BCUT2D eigenvalue weighted by Crippen LogP contribution is -2.10. The Hall–Kier alpha value is -2.31. The number of benzene rings is 1. The number of hydrogen-bond acceptors (Lipinski definition) is 4. The van der Waals surface area contributed by atoms with Crippen LogP contribution in [-0.2, 0) is 0 Å². The summed E-state index contributed by atoms with van der Waals surface area (Å²) in [6.45, 7) is 0. The third kappa shape index (κ3) is 1.54. The van der Waals surface area contributed by atoms with Crippen molar-refractivity contribution in [2.24, 2.45) is 0 Å². The first-order chi connectivity index (χ1) is 7.08. The van der Waals surface area contributed by atoms with Gasteiger partial charge in [-0.25, -0.2) is 4.98 Å². The predicted octanol–water partition coefficient (Wildman–Crippen LogP) is 0.970. The highest BCUT2D eigenvalue weighted by Crippen LogP contribution is 2.15. The molecule has 0 aliphatic rings. The molecule has 0 atom stereocenters. The Morgan fingerprint density at radius 3 is 2.87 bits per heavy atom. The molecule has 0 saturated carbocycles. The summed E-state index contributed by atoms with van der Waals surface area (Å²) in [6, 6.07) is 3.45. The Bertz CT molecular complexity index is 608. The number of hydrogen-bond donors (Lipinski definition) is 1. The minimum Gasteiger partial charge on any atom is -0.282 e. The van der Waals surface area contributed by atoms with Gasteiger partial charge in [0.25, 0.3) is 17.3 Å². The van der Waals surface area contributed by atoms with Crippen molar-refractivity contribution in [3.05, 3.63) is 44.7 Å². The van der Waals surface area contributed by atoms with Crippen molar-refractivity contribution in [1.82, 2.24) is 9.97 Å². The first kappa shape index (κ1) is 9.25. The van der Waals surface area contributed by atoms with Crippen LogP contribution in [0.3, 0.4) is 0 Å². The molecule has 1 heterocycles. The third-order valence-corrected chi connectivity index (χ3v) is 1.87. The van der Waals surface area contributed by atoms with Gasteiger partial charge >= 0.3 is 0 Å². The lowest BCUT2D eigenvalue weighted by atomic mass is 10.2. The summed E-state index contributed by atoms with van der Waals surface area (Å²) < 4.78 is 12.7. The van der Waals surface area contributed by atoms with Gasteiger partial charge in [-0.2, -0.15) is 4.39 Å². The number of halogens is 1. The molecule has 0 aliphatic heterocycles. The van der Waals surface area contributed by atoms with Gasteiger partial charge < -0.3 is 0 Å². The van der Waals surface area contributed by atoms with Crippen LogP contribution in [0.5, 0.6) is 0 Å². The highest BCUT2D eigenvalue weighted by molar-refractivity contribution is 5.79. The first-order valence-electron chi connectivity index (χ1n) is 3.92. The molecule has 2 rings (SSSR count). The smallest absolute Gasteiger partial charge is 0.282 e. The SMILES string of the molecule is O=c1[nH]c(F)nc2ccc([N+](=O)[O-])cc12. The standard InChI is InChI=1S/C8H4FN3O3/c9-8-10-6-2-1-4(12(14)15)3-5(6)7(13)11-8/h1-3H,(H,10,11,13). The number of aromatic amines is 1. The van der Waals surface area contributed by atoms with Gasteiger partial charge in [0.15, 0.2) is 0 Å². The van der Waals surface area contributed by atoms with Crippen LogP contribution in [0.2, 0.25) is 0 Å². The van der Waals surface area contributed by atoms with Gasteiger partial charge in [-0.1, -0.05) is 0 Å². The number of fused-ring (bicyclic) bond motifs is 1. The van der Waals surface area contributed by atoms with E-state index in [1.54, 1.807) is 0 Å². The van der Waals surface area contributed by atoms with Crippen LogP contribution in [0.15, 0.2) is 23.0 Å². The fourth-order valence-corrected chi connectivity index (χ4v) is 1.21. The summed E-state index contributed by atoms with van der Waals surface area (Å²) in [5, 5.41) is 10.4. The van der Waals surface area contributed by atoms with Gasteiger partial charge in [0.1, 0.15) is 0 Å². The van der Waals surface area contributed by atoms with E-state index in [4.69, 9.17) is 0 Å². The molecule has 76 valence electrons. The van der Waals surface area contributed by atoms with Crippen LogP contribution < -0.4 is 5.56 Å². The summed E-state index contributed by atoms with van der Waals surface area (Å²) in [4.78, 5) is 26.2. The van der Waals surface area contributed by atoms with Crippen LogP contribution in [0.1, 0.15) is 0 Å². The molecule has 1 N–H and O–H groups in total. The molecule has 7 heteroatoms. The van der Waals surface area contributed by atoms with Crippen molar-refractivity contribution in [2.75, 3.05) is 0 Å². The molecule has 1 aromatic carbocycles. The summed E-state index contributed by atoms with van der Waals surface area (Å²) in [7, 11) is 0. The predicted molar refractivity (Wildman–Crippen MR) is 49.0 cm³/mol. The fourth-order valence-electron chi connectivity index (χ4n) is 1.21. The monoisotopic (exact) mass is 209 g/mol. The molecular formula is C8H4FN3O3.